The molecule has 0 spiro atoms. The summed E-state index contributed by atoms with van der Waals surface area (Å²) in [5.74, 6) is -0.797. The zero-order chi connectivity index (χ0) is 18.1. The van der Waals surface area contributed by atoms with Gasteiger partial charge in [-0.05, 0) is 40.0 Å². The molecule has 0 atom stereocenters. The fourth-order valence-electron chi connectivity index (χ4n) is 1.42. The molecule has 1 rings (SSSR count). The van der Waals surface area contributed by atoms with Crippen molar-refractivity contribution in [1.29, 1.82) is 0 Å². The number of imide groups is 1. The number of halogens is 2. The van der Waals surface area contributed by atoms with Gasteiger partial charge in [0.05, 0.1) is 4.47 Å². The first-order chi connectivity index (χ1) is 11.3. The molecule has 7 nitrogen and oxygen atoms in total. The third kappa shape index (κ3) is 8.16. The number of nitrogens with one attached hydrogen (secondary N) is 2. The summed E-state index contributed by atoms with van der Waals surface area (Å²) in [4.78, 5) is 34.3. The van der Waals surface area contributed by atoms with Crippen LogP contribution in [0.5, 0.6) is 5.75 Å². The minimum absolute atomic E-state index is 0.257. The number of esters is 1. The average Bonchev–Trinajstić information content (AvgIpc) is 2.50. The predicted molar refractivity (Wildman–Crippen MR) is 92.0 cm³/mol. The molecule has 24 heavy (non-hydrogen) atoms. The van der Waals surface area contributed by atoms with Gasteiger partial charge in [0.15, 0.2) is 13.2 Å². The van der Waals surface area contributed by atoms with E-state index in [1.54, 1.807) is 18.2 Å². The summed E-state index contributed by atoms with van der Waals surface area (Å²) in [6.07, 6.45) is 0. The number of carbonyl (C=O) groups excluding carboxylic acids is 3. The molecule has 0 saturated heterocycles. The molecule has 3 amide bonds. The highest BCUT2D eigenvalue weighted by molar-refractivity contribution is 9.10. The van der Waals surface area contributed by atoms with Crippen LogP contribution in [0.1, 0.15) is 13.8 Å². The van der Waals surface area contributed by atoms with Crippen molar-refractivity contribution >= 4 is 45.4 Å². The maximum Gasteiger partial charge on any atom is 0.344 e. The maximum atomic E-state index is 11.5. The van der Waals surface area contributed by atoms with Crippen LogP contribution in [0.3, 0.4) is 0 Å². The Balaban J connectivity index is 2.28. The largest absolute Gasteiger partial charge is 0.481 e. The van der Waals surface area contributed by atoms with E-state index >= 15 is 0 Å². The lowest BCUT2D eigenvalue weighted by Gasteiger charge is -2.10. The lowest BCUT2D eigenvalue weighted by molar-refractivity contribution is -0.150. The molecule has 9 heteroatoms. The molecule has 1 aromatic carbocycles. The summed E-state index contributed by atoms with van der Waals surface area (Å²) in [7, 11) is 0. The van der Waals surface area contributed by atoms with Gasteiger partial charge < -0.3 is 14.8 Å². The van der Waals surface area contributed by atoms with Crippen molar-refractivity contribution in [3.63, 3.8) is 0 Å². The second-order valence-corrected chi connectivity index (χ2v) is 6.47. The Hall–Kier alpha value is -1.80. The molecule has 0 bridgehead atoms. The third-order valence-corrected chi connectivity index (χ3v) is 3.38. The molecule has 1 aromatic rings. The summed E-state index contributed by atoms with van der Waals surface area (Å²) in [6.45, 7) is 3.32. The zero-order valence-electron chi connectivity index (χ0n) is 13.2. The summed E-state index contributed by atoms with van der Waals surface area (Å²) in [6, 6.07) is 4.18. The van der Waals surface area contributed by atoms with Crippen molar-refractivity contribution in [2.24, 2.45) is 5.92 Å². The molecule has 0 radical (unpaired) electrons. The topological polar surface area (TPSA) is 93.7 Å². The second kappa shape index (κ2) is 10.1. The number of urea groups is 1. The van der Waals surface area contributed by atoms with Gasteiger partial charge in [-0.25, -0.2) is 9.59 Å². The summed E-state index contributed by atoms with van der Waals surface area (Å²) < 4.78 is 10.5. The number of hydrogen-bond acceptors (Lipinski definition) is 5. The van der Waals surface area contributed by atoms with Crippen molar-refractivity contribution in [3.8, 4) is 5.75 Å². The van der Waals surface area contributed by atoms with E-state index in [4.69, 9.17) is 21.1 Å². The predicted octanol–water partition coefficient (Wildman–Crippen LogP) is 2.51. The Bertz CT molecular complexity index is 610. The number of amides is 3. The SMILES string of the molecule is CC(C)CNC(=O)NC(=O)COC(=O)COc1ccc(Cl)cc1Br. The van der Waals surface area contributed by atoms with Crippen LogP contribution in [0.15, 0.2) is 22.7 Å². The average molecular weight is 422 g/mol. The normalized spacial score (nSPS) is 10.2. The zero-order valence-corrected chi connectivity index (χ0v) is 15.6. The molecule has 0 aliphatic heterocycles. The van der Waals surface area contributed by atoms with Crippen LogP contribution in [-0.4, -0.2) is 37.7 Å². The van der Waals surface area contributed by atoms with Crippen molar-refractivity contribution in [2.75, 3.05) is 19.8 Å². The summed E-state index contributed by atoms with van der Waals surface area (Å²) in [5, 5.41) is 5.07. The monoisotopic (exact) mass is 420 g/mol. The molecule has 0 fully saturated rings. The molecule has 0 aliphatic carbocycles. The van der Waals surface area contributed by atoms with Crippen LogP contribution in [0.25, 0.3) is 0 Å². The number of hydrogen-bond donors (Lipinski definition) is 2. The Kier molecular flexibility index (Phi) is 8.56. The summed E-state index contributed by atoms with van der Waals surface area (Å²) in [5.41, 5.74) is 0. The van der Waals surface area contributed by atoms with Crippen LogP contribution >= 0.6 is 27.5 Å². The van der Waals surface area contributed by atoms with E-state index < -0.39 is 24.5 Å². The van der Waals surface area contributed by atoms with Gasteiger partial charge in [0.25, 0.3) is 5.91 Å². The van der Waals surface area contributed by atoms with Crippen LogP contribution in [0, 0.1) is 5.92 Å². The number of benzene rings is 1. The molecule has 2 N–H and O–H groups in total. The molecule has 132 valence electrons. The minimum atomic E-state index is -0.741. The van der Waals surface area contributed by atoms with Crippen LogP contribution in [0.4, 0.5) is 4.79 Å². The van der Waals surface area contributed by atoms with Gasteiger partial charge in [-0.15, -0.1) is 0 Å². The van der Waals surface area contributed by atoms with Gasteiger partial charge in [0, 0.05) is 11.6 Å². The first-order valence-electron chi connectivity index (χ1n) is 7.09. The van der Waals surface area contributed by atoms with Gasteiger partial charge in [0.2, 0.25) is 0 Å². The Morgan fingerprint density at radius 2 is 1.96 bits per heavy atom. The third-order valence-electron chi connectivity index (χ3n) is 2.53. The molecule has 0 aliphatic rings. The fraction of sp³-hybridized carbons (Fsp3) is 0.400. The highest BCUT2D eigenvalue weighted by Gasteiger charge is 2.12. The first-order valence-corrected chi connectivity index (χ1v) is 8.26. The van der Waals surface area contributed by atoms with Gasteiger partial charge in [-0.1, -0.05) is 25.4 Å². The first kappa shape index (κ1) is 20.2. The van der Waals surface area contributed by atoms with Crippen molar-refractivity contribution in [3.05, 3.63) is 27.7 Å². The number of rotatable bonds is 7. The molecule has 0 aromatic heterocycles. The van der Waals surface area contributed by atoms with E-state index in [1.807, 2.05) is 13.8 Å². The highest BCUT2D eigenvalue weighted by atomic mass is 79.9. The number of carbonyl (C=O) groups is 3. The smallest absolute Gasteiger partial charge is 0.344 e. The lowest BCUT2D eigenvalue weighted by atomic mass is 10.2. The fourth-order valence-corrected chi connectivity index (χ4v) is 2.22. The molecule has 0 heterocycles. The van der Waals surface area contributed by atoms with Gasteiger partial charge in [-0.2, -0.15) is 0 Å². The van der Waals surface area contributed by atoms with Crippen LogP contribution in [-0.2, 0) is 14.3 Å². The standard InChI is InChI=1S/C15H18BrClN2O5/c1-9(2)6-18-15(22)19-13(20)7-24-14(21)8-23-12-4-3-10(17)5-11(12)16/h3-5,9H,6-8H2,1-2H3,(H2,18,19,20,22). The van der Waals surface area contributed by atoms with Crippen molar-refractivity contribution < 1.29 is 23.9 Å². The van der Waals surface area contributed by atoms with Gasteiger partial charge in [-0.3, -0.25) is 10.1 Å². The van der Waals surface area contributed by atoms with E-state index in [0.29, 0.717) is 21.8 Å². The second-order valence-electron chi connectivity index (χ2n) is 5.18. The van der Waals surface area contributed by atoms with Crippen LogP contribution in [0.2, 0.25) is 5.02 Å². The highest BCUT2D eigenvalue weighted by Crippen LogP contribution is 2.27. The maximum absolute atomic E-state index is 11.5. The van der Waals surface area contributed by atoms with E-state index in [-0.39, 0.29) is 12.5 Å². The quantitative estimate of drug-likeness (QED) is 0.660. The van der Waals surface area contributed by atoms with Crippen molar-refractivity contribution in [1.82, 2.24) is 10.6 Å². The van der Waals surface area contributed by atoms with Gasteiger partial charge >= 0.3 is 12.0 Å². The number of ether oxygens (including phenoxy) is 2. The van der Waals surface area contributed by atoms with E-state index in [0.717, 1.165) is 0 Å². The minimum Gasteiger partial charge on any atom is -0.481 e. The van der Waals surface area contributed by atoms with E-state index in [1.165, 1.54) is 0 Å². The van der Waals surface area contributed by atoms with E-state index in [2.05, 4.69) is 26.6 Å². The Morgan fingerprint density at radius 1 is 1.25 bits per heavy atom. The van der Waals surface area contributed by atoms with Crippen LogP contribution < -0.4 is 15.4 Å². The van der Waals surface area contributed by atoms with Gasteiger partial charge in [0.1, 0.15) is 5.75 Å². The molecular formula is C15H18BrClN2O5. The summed E-state index contributed by atoms with van der Waals surface area (Å²) >= 11 is 9.03. The molecular weight excluding hydrogens is 404 g/mol. The molecule has 0 saturated carbocycles. The van der Waals surface area contributed by atoms with E-state index in [9.17, 15) is 14.4 Å². The van der Waals surface area contributed by atoms with Crippen molar-refractivity contribution in [2.45, 2.75) is 13.8 Å². The Labute approximate surface area is 153 Å². The Morgan fingerprint density at radius 3 is 2.58 bits per heavy atom. The lowest BCUT2D eigenvalue weighted by Crippen LogP contribution is -2.42. The molecule has 0 unspecified atom stereocenters.